The molecule has 1 atom stereocenters. The van der Waals surface area contributed by atoms with Gasteiger partial charge in [0.2, 0.25) is 5.84 Å². The minimum absolute atomic E-state index is 0.154. The fraction of sp³-hybridized carbons (Fsp3) is 0.955. The molecule has 0 amide bonds. The first-order valence-electron chi connectivity index (χ1n) is 11.4. The Kier molecular flexibility index (Phi) is 14.1. The molecule has 0 fully saturated rings. The molecular formula is C22H46N3+. The quantitative estimate of drug-likeness (QED) is 0.265. The zero-order valence-electron chi connectivity index (χ0n) is 17.3. The molecule has 1 aliphatic heterocycles. The van der Waals surface area contributed by atoms with E-state index in [1.54, 1.807) is 0 Å². The molecule has 0 radical (unpaired) electrons. The van der Waals surface area contributed by atoms with Crippen molar-refractivity contribution in [3.63, 3.8) is 0 Å². The number of rotatable bonds is 17. The third-order valence-corrected chi connectivity index (χ3v) is 5.54. The Morgan fingerprint density at radius 1 is 0.800 bits per heavy atom. The number of amidine groups is 1. The molecule has 0 aromatic heterocycles. The summed E-state index contributed by atoms with van der Waals surface area (Å²) < 4.78 is 2.32. The SMILES string of the molecule is CCCCCCCCCCCCCCCCCC1=[N+](C(C)N)CCN1. The van der Waals surface area contributed by atoms with Crippen molar-refractivity contribution in [1.82, 2.24) is 5.32 Å². The normalized spacial score (nSPS) is 15.6. The molecule has 0 aromatic carbocycles. The van der Waals surface area contributed by atoms with E-state index in [0.29, 0.717) is 0 Å². The molecule has 0 aromatic rings. The molecule has 0 saturated heterocycles. The predicted octanol–water partition coefficient (Wildman–Crippen LogP) is 5.57. The molecule has 3 nitrogen and oxygen atoms in total. The first-order valence-corrected chi connectivity index (χ1v) is 11.4. The first-order chi connectivity index (χ1) is 12.3. The van der Waals surface area contributed by atoms with Crippen LogP contribution in [-0.2, 0) is 0 Å². The van der Waals surface area contributed by atoms with Crippen molar-refractivity contribution in [2.45, 2.75) is 123 Å². The summed E-state index contributed by atoms with van der Waals surface area (Å²) in [5, 5.41) is 3.50. The van der Waals surface area contributed by atoms with Crippen molar-refractivity contribution in [1.29, 1.82) is 0 Å². The van der Waals surface area contributed by atoms with Crippen molar-refractivity contribution in [2.75, 3.05) is 13.1 Å². The predicted molar refractivity (Wildman–Crippen MR) is 111 cm³/mol. The summed E-state index contributed by atoms with van der Waals surface area (Å²) in [7, 11) is 0. The summed E-state index contributed by atoms with van der Waals surface area (Å²) in [6, 6.07) is 0. The van der Waals surface area contributed by atoms with E-state index in [1.807, 2.05) is 0 Å². The molecule has 0 saturated carbocycles. The van der Waals surface area contributed by atoms with Crippen LogP contribution < -0.4 is 11.1 Å². The number of unbranched alkanes of at least 4 members (excludes halogenated alkanes) is 14. The average molecular weight is 353 g/mol. The van der Waals surface area contributed by atoms with Gasteiger partial charge in [-0.1, -0.05) is 96.8 Å². The second-order valence-corrected chi connectivity index (χ2v) is 8.01. The van der Waals surface area contributed by atoms with E-state index in [9.17, 15) is 0 Å². The Labute approximate surface area is 157 Å². The van der Waals surface area contributed by atoms with Gasteiger partial charge in [-0.25, -0.2) is 4.58 Å². The van der Waals surface area contributed by atoms with Crippen LogP contribution in [0.5, 0.6) is 0 Å². The Balaban J connectivity index is 1.80. The molecule has 1 aliphatic rings. The van der Waals surface area contributed by atoms with Crippen molar-refractivity contribution >= 4 is 5.84 Å². The second-order valence-electron chi connectivity index (χ2n) is 8.01. The van der Waals surface area contributed by atoms with Crippen LogP contribution in [-0.4, -0.2) is 29.7 Å². The molecule has 0 spiro atoms. The van der Waals surface area contributed by atoms with Crippen LogP contribution in [0, 0.1) is 0 Å². The van der Waals surface area contributed by atoms with Crippen LogP contribution in [0.1, 0.15) is 117 Å². The van der Waals surface area contributed by atoms with Gasteiger partial charge in [0.05, 0.1) is 0 Å². The number of nitrogens with zero attached hydrogens (tertiary/aromatic N) is 1. The lowest BCUT2D eigenvalue weighted by Gasteiger charge is -2.07. The number of nitrogens with one attached hydrogen (secondary N) is 1. The van der Waals surface area contributed by atoms with Gasteiger partial charge in [0.1, 0.15) is 19.3 Å². The monoisotopic (exact) mass is 352 g/mol. The highest BCUT2D eigenvalue weighted by Crippen LogP contribution is 2.14. The van der Waals surface area contributed by atoms with Gasteiger partial charge in [-0.15, -0.1) is 0 Å². The van der Waals surface area contributed by atoms with Gasteiger partial charge in [0, 0.05) is 6.42 Å². The molecule has 1 unspecified atom stereocenters. The minimum atomic E-state index is 0.154. The van der Waals surface area contributed by atoms with Crippen molar-refractivity contribution in [2.24, 2.45) is 5.73 Å². The molecule has 3 heteroatoms. The van der Waals surface area contributed by atoms with E-state index in [2.05, 4.69) is 23.7 Å². The number of hydrogen-bond donors (Lipinski definition) is 2. The van der Waals surface area contributed by atoms with E-state index in [0.717, 1.165) is 13.1 Å². The summed E-state index contributed by atoms with van der Waals surface area (Å²) in [5.74, 6) is 1.38. The summed E-state index contributed by atoms with van der Waals surface area (Å²) in [4.78, 5) is 0. The lowest BCUT2D eigenvalue weighted by Crippen LogP contribution is -2.34. The lowest BCUT2D eigenvalue weighted by molar-refractivity contribution is -0.553. The fourth-order valence-electron chi connectivity index (χ4n) is 3.90. The highest BCUT2D eigenvalue weighted by Gasteiger charge is 2.22. The number of nitrogens with two attached hydrogens (primary N) is 1. The topological polar surface area (TPSA) is 41.1 Å². The highest BCUT2D eigenvalue weighted by molar-refractivity contribution is 5.78. The van der Waals surface area contributed by atoms with E-state index < -0.39 is 0 Å². The Bertz CT molecular complexity index is 336. The van der Waals surface area contributed by atoms with Gasteiger partial charge in [-0.2, -0.15) is 0 Å². The molecule has 3 N–H and O–H groups in total. The zero-order valence-corrected chi connectivity index (χ0v) is 17.3. The maximum absolute atomic E-state index is 6.01. The first kappa shape index (κ1) is 22.5. The summed E-state index contributed by atoms with van der Waals surface area (Å²) in [6.07, 6.45) is 22.8. The Morgan fingerprint density at radius 2 is 1.24 bits per heavy atom. The van der Waals surface area contributed by atoms with E-state index in [4.69, 9.17) is 5.73 Å². The summed E-state index contributed by atoms with van der Waals surface area (Å²) in [5.41, 5.74) is 6.01. The largest absolute Gasteiger partial charge is 0.293 e. The van der Waals surface area contributed by atoms with Crippen molar-refractivity contribution in [3.05, 3.63) is 0 Å². The Morgan fingerprint density at radius 3 is 1.68 bits per heavy atom. The van der Waals surface area contributed by atoms with Gasteiger partial charge in [0.15, 0.2) is 0 Å². The lowest BCUT2D eigenvalue weighted by atomic mass is 10.0. The molecule has 0 bridgehead atoms. The summed E-state index contributed by atoms with van der Waals surface area (Å²) in [6.45, 7) is 6.52. The average Bonchev–Trinajstić information content (AvgIpc) is 3.07. The van der Waals surface area contributed by atoms with Gasteiger partial charge in [0.25, 0.3) is 0 Å². The summed E-state index contributed by atoms with van der Waals surface area (Å²) >= 11 is 0. The maximum atomic E-state index is 6.01. The van der Waals surface area contributed by atoms with Gasteiger partial charge < -0.3 is 0 Å². The fourth-order valence-corrected chi connectivity index (χ4v) is 3.90. The molecule has 148 valence electrons. The van der Waals surface area contributed by atoms with Crippen LogP contribution >= 0.6 is 0 Å². The molecular weight excluding hydrogens is 306 g/mol. The van der Waals surface area contributed by atoms with Gasteiger partial charge in [-0.3, -0.25) is 11.1 Å². The molecule has 1 heterocycles. The van der Waals surface area contributed by atoms with E-state index in [1.165, 1.54) is 109 Å². The van der Waals surface area contributed by atoms with Crippen molar-refractivity contribution in [3.8, 4) is 0 Å². The van der Waals surface area contributed by atoms with Crippen LogP contribution in [0.2, 0.25) is 0 Å². The molecule has 25 heavy (non-hydrogen) atoms. The second kappa shape index (κ2) is 15.7. The standard InChI is InChI=1S/C22H45N3/c1-3-4-5-6-7-8-9-10-11-12-13-14-15-16-17-18-22-24-19-20-25(22)21(2)23/h21H,3-20,23H2,1-2H3/p+1. The smallest absolute Gasteiger partial charge is 0.246 e. The molecule has 1 rings (SSSR count). The van der Waals surface area contributed by atoms with Gasteiger partial charge in [-0.05, 0) is 13.3 Å². The van der Waals surface area contributed by atoms with Crippen LogP contribution in [0.3, 0.4) is 0 Å². The van der Waals surface area contributed by atoms with Crippen LogP contribution in [0.4, 0.5) is 0 Å². The van der Waals surface area contributed by atoms with E-state index in [-0.39, 0.29) is 6.17 Å². The van der Waals surface area contributed by atoms with E-state index >= 15 is 0 Å². The van der Waals surface area contributed by atoms with Crippen LogP contribution in [0.25, 0.3) is 0 Å². The van der Waals surface area contributed by atoms with Gasteiger partial charge >= 0.3 is 0 Å². The Hall–Kier alpha value is -0.570. The number of hydrogen-bond acceptors (Lipinski definition) is 2. The zero-order chi connectivity index (χ0) is 18.2. The highest BCUT2D eigenvalue weighted by atomic mass is 15.2. The minimum Gasteiger partial charge on any atom is -0.293 e. The molecule has 0 aliphatic carbocycles. The third-order valence-electron chi connectivity index (χ3n) is 5.54. The third kappa shape index (κ3) is 11.6. The maximum Gasteiger partial charge on any atom is 0.246 e. The van der Waals surface area contributed by atoms with Crippen LogP contribution in [0.15, 0.2) is 0 Å². The van der Waals surface area contributed by atoms with Crippen molar-refractivity contribution < 1.29 is 4.58 Å².